The number of nitrogens with one attached hydrogen (secondary N) is 3. The van der Waals surface area contributed by atoms with Gasteiger partial charge < -0.3 is 26.5 Å². The van der Waals surface area contributed by atoms with Crippen molar-refractivity contribution in [1.82, 2.24) is 20.9 Å². The lowest BCUT2D eigenvalue weighted by atomic mass is 9.87. The molecule has 1 aliphatic heterocycles. The Bertz CT molecular complexity index is 910. The van der Waals surface area contributed by atoms with E-state index in [1.807, 2.05) is 25.7 Å². The number of alkyl halides is 2. The van der Waals surface area contributed by atoms with Crippen LogP contribution in [0.2, 0.25) is 0 Å². The number of hydrogen-bond acceptors (Lipinski definition) is 6. The Morgan fingerprint density at radius 2 is 1.73 bits per heavy atom. The molecule has 0 aromatic carbocycles. The number of nitrogens with two attached hydrogens (primary N) is 1. The lowest BCUT2D eigenvalue weighted by Crippen LogP contribution is -2.55. The SMILES string of the molecule is CCCCC(C)(CC)NC(=O)NC(C=O)C(C)(C)C.CN1CCCC1C(=O)NC(CC1CC1(F)F)C(=O)C(N)=O. The molecule has 0 spiro atoms. The molecule has 10 nitrogen and oxygen atoms in total. The zero-order chi connectivity index (χ0) is 30.9. The number of primary amides is 1. The first-order valence-electron chi connectivity index (χ1n) is 14.2. The van der Waals surface area contributed by atoms with Gasteiger partial charge in [-0.15, -0.1) is 0 Å². The van der Waals surface area contributed by atoms with E-state index in [4.69, 9.17) is 5.73 Å². The summed E-state index contributed by atoms with van der Waals surface area (Å²) >= 11 is 0. The van der Waals surface area contributed by atoms with Crippen LogP contribution in [0.25, 0.3) is 0 Å². The number of unbranched alkanes of at least 4 members (excludes halogenated alkanes) is 1. The first-order valence-corrected chi connectivity index (χ1v) is 14.2. The number of hydrogen-bond donors (Lipinski definition) is 4. The van der Waals surface area contributed by atoms with E-state index in [1.54, 1.807) is 7.05 Å². The number of rotatable bonds is 13. The summed E-state index contributed by atoms with van der Waals surface area (Å²) in [7, 11) is 1.78. The van der Waals surface area contributed by atoms with Gasteiger partial charge >= 0.3 is 6.03 Å². The van der Waals surface area contributed by atoms with Gasteiger partial charge in [0, 0.05) is 17.9 Å². The molecule has 40 heavy (non-hydrogen) atoms. The number of ketones is 1. The number of aldehydes is 1. The highest BCUT2D eigenvalue weighted by atomic mass is 19.3. The first kappa shape index (κ1) is 35.4. The van der Waals surface area contributed by atoms with Crippen molar-refractivity contribution in [3.05, 3.63) is 0 Å². The number of urea groups is 1. The highest BCUT2D eigenvalue weighted by Crippen LogP contribution is 2.51. The molecule has 0 aromatic heterocycles. The largest absolute Gasteiger partial charge is 0.363 e. The van der Waals surface area contributed by atoms with Crippen LogP contribution >= 0.6 is 0 Å². The van der Waals surface area contributed by atoms with Crippen LogP contribution in [0.15, 0.2) is 0 Å². The van der Waals surface area contributed by atoms with Crippen LogP contribution in [0.4, 0.5) is 13.6 Å². The van der Waals surface area contributed by atoms with E-state index in [0.29, 0.717) is 6.42 Å². The third kappa shape index (κ3) is 11.1. The number of Topliss-reactive ketones (excluding diaryl/α,β-unsaturated/α-hetero) is 1. The van der Waals surface area contributed by atoms with Gasteiger partial charge in [-0.2, -0.15) is 0 Å². The van der Waals surface area contributed by atoms with Gasteiger partial charge in [-0.3, -0.25) is 19.3 Å². The van der Waals surface area contributed by atoms with Crippen molar-refractivity contribution in [3.8, 4) is 0 Å². The Morgan fingerprint density at radius 3 is 2.12 bits per heavy atom. The molecular weight excluding hydrogens is 524 g/mol. The first-order chi connectivity index (χ1) is 18.4. The summed E-state index contributed by atoms with van der Waals surface area (Å²) in [5, 5.41) is 8.18. The maximum Gasteiger partial charge on any atom is 0.315 e. The summed E-state index contributed by atoms with van der Waals surface area (Å²) in [6, 6.07) is -2.39. The average molecular weight is 574 g/mol. The van der Waals surface area contributed by atoms with E-state index < -0.39 is 47.6 Å². The van der Waals surface area contributed by atoms with Crippen molar-refractivity contribution >= 4 is 29.9 Å². The number of carbonyl (C=O) groups excluding carboxylic acids is 5. The molecule has 5 atom stereocenters. The molecule has 0 bridgehead atoms. The van der Waals surface area contributed by atoms with Gasteiger partial charge in [-0.05, 0) is 58.0 Å². The quantitative estimate of drug-likeness (QED) is 0.197. The molecule has 1 saturated carbocycles. The van der Waals surface area contributed by atoms with E-state index in [2.05, 4.69) is 36.7 Å². The third-order valence-electron chi connectivity index (χ3n) is 7.81. The fraction of sp³-hybridized carbons (Fsp3) is 0.821. The Kier molecular flexibility index (Phi) is 13.1. The summed E-state index contributed by atoms with van der Waals surface area (Å²) < 4.78 is 25.9. The molecule has 4 amide bonds. The number of amides is 4. The lowest BCUT2D eigenvalue weighted by Gasteiger charge is -2.32. The number of carbonyl (C=O) groups is 5. The van der Waals surface area contributed by atoms with E-state index in [-0.39, 0.29) is 29.8 Å². The Morgan fingerprint density at radius 1 is 1.12 bits per heavy atom. The third-order valence-corrected chi connectivity index (χ3v) is 7.81. The lowest BCUT2D eigenvalue weighted by molar-refractivity contribution is -0.139. The van der Waals surface area contributed by atoms with Crippen molar-refractivity contribution in [2.75, 3.05) is 13.6 Å². The normalized spacial score (nSPS) is 22.9. The average Bonchev–Trinajstić information content (AvgIpc) is 3.22. The Hall–Kier alpha value is -2.63. The zero-order valence-corrected chi connectivity index (χ0v) is 25.1. The number of likely N-dealkylation sites (tertiary alicyclic amines) is 1. The Balaban J connectivity index is 0.000000403. The second kappa shape index (κ2) is 14.8. The van der Waals surface area contributed by atoms with Crippen molar-refractivity contribution in [2.45, 2.75) is 122 Å². The van der Waals surface area contributed by atoms with Crippen LogP contribution < -0.4 is 21.7 Å². The van der Waals surface area contributed by atoms with Gasteiger partial charge in [0.25, 0.3) is 11.8 Å². The minimum absolute atomic E-state index is 0.203. The molecular formula is C28H49F2N5O5. The van der Waals surface area contributed by atoms with Crippen molar-refractivity contribution in [2.24, 2.45) is 17.1 Å². The van der Waals surface area contributed by atoms with Crippen molar-refractivity contribution < 1.29 is 32.8 Å². The molecule has 1 aliphatic carbocycles. The maximum absolute atomic E-state index is 13.0. The molecule has 5 unspecified atom stereocenters. The summed E-state index contributed by atoms with van der Waals surface area (Å²) in [5.74, 6) is -6.45. The molecule has 2 aliphatic rings. The molecule has 1 saturated heterocycles. The standard InChI is InChI=1S/C15H30N2O2.C13H19F2N3O3/c1-7-9-10-15(6,8-2)17-13(19)16-12(11-18)14(3,4)5;1-18-4-2-3-9(18)12(21)17-8(10(19)11(16)20)5-7-6-13(7,14)15/h11-12H,7-10H2,1-6H3,(H2,16,17,19);7-9H,2-6H2,1H3,(H2,16,20)(H,17,21). The molecule has 1 heterocycles. The second-order valence-corrected chi connectivity index (χ2v) is 12.4. The topological polar surface area (TPSA) is 151 Å². The summed E-state index contributed by atoms with van der Waals surface area (Å²) in [6.45, 7) is 12.8. The molecule has 230 valence electrons. The van der Waals surface area contributed by atoms with Crippen LogP contribution in [0.5, 0.6) is 0 Å². The fourth-order valence-corrected chi connectivity index (χ4v) is 4.52. The van der Waals surface area contributed by atoms with Crippen LogP contribution in [-0.4, -0.2) is 78.0 Å². The highest BCUT2D eigenvalue weighted by molar-refractivity contribution is 6.37. The summed E-state index contributed by atoms with van der Waals surface area (Å²) in [4.78, 5) is 59.7. The minimum atomic E-state index is -2.81. The Labute approximate surface area is 236 Å². The van der Waals surface area contributed by atoms with E-state index in [0.717, 1.165) is 44.9 Å². The summed E-state index contributed by atoms with van der Waals surface area (Å²) in [6.07, 6.45) is 5.74. The van der Waals surface area contributed by atoms with Gasteiger partial charge in [0.1, 0.15) is 6.29 Å². The minimum Gasteiger partial charge on any atom is -0.363 e. The van der Waals surface area contributed by atoms with Crippen LogP contribution in [0, 0.1) is 11.3 Å². The monoisotopic (exact) mass is 573 g/mol. The van der Waals surface area contributed by atoms with Gasteiger partial charge in [0.2, 0.25) is 11.7 Å². The van der Waals surface area contributed by atoms with Crippen LogP contribution in [0.1, 0.15) is 92.9 Å². The van der Waals surface area contributed by atoms with E-state index in [1.165, 1.54) is 0 Å². The van der Waals surface area contributed by atoms with Crippen LogP contribution in [0.3, 0.4) is 0 Å². The molecule has 0 radical (unpaired) electrons. The number of nitrogens with zero attached hydrogens (tertiary/aromatic N) is 1. The summed E-state index contributed by atoms with van der Waals surface area (Å²) in [5.41, 5.74) is 4.44. The van der Waals surface area contributed by atoms with Gasteiger partial charge in [-0.1, -0.05) is 47.5 Å². The van der Waals surface area contributed by atoms with Gasteiger partial charge in [0.05, 0.1) is 18.1 Å². The maximum atomic E-state index is 13.0. The molecule has 5 N–H and O–H groups in total. The molecule has 0 aromatic rings. The second-order valence-electron chi connectivity index (χ2n) is 12.4. The molecule has 12 heteroatoms. The molecule has 2 fully saturated rings. The highest BCUT2D eigenvalue weighted by Gasteiger charge is 2.57. The van der Waals surface area contributed by atoms with Gasteiger partial charge in [-0.25, -0.2) is 13.6 Å². The van der Waals surface area contributed by atoms with Crippen molar-refractivity contribution in [1.29, 1.82) is 0 Å². The predicted octanol–water partition coefficient (Wildman–Crippen LogP) is 2.92. The smallest absolute Gasteiger partial charge is 0.315 e. The molecule has 2 rings (SSSR count). The van der Waals surface area contributed by atoms with E-state index >= 15 is 0 Å². The number of halogens is 2. The zero-order valence-electron chi connectivity index (χ0n) is 25.1. The van der Waals surface area contributed by atoms with Gasteiger partial charge in [0.15, 0.2) is 0 Å². The van der Waals surface area contributed by atoms with E-state index in [9.17, 15) is 32.8 Å². The van der Waals surface area contributed by atoms with Crippen molar-refractivity contribution in [3.63, 3.8) is 0 Å². The predicted molar refractivity (Wildman–Crippen MR) is 149 cm³/mol. The fourth-order valence-electron chi connectivity index (χ4n) is 4.52. The number of likely N-dealkylation sites (N-methyl/N-ethyl adjacent to an activating group) is 1. The van der Waals surface area contributed by atoms with Crippen LogP contribution in [-0.2, 0) is 19.2 Å².